The molecule has 0 spiro atoms. The number of nitrogens with zero attached hydrogens (tertiary/aromatic N) is 1. The van der Waals surface area contributed by atoms with Crippen molar-refractivity contribution in [2.24, 2.45) is 5.73 Å². The first-order chi connectivity index (χ1) is 8.60. The van der Waals surface area contributed by atoms with Crippen LogP contribution in [0.25, 0.3) is 0 Å². The van der Waals surface area contributed by atoms with E-state index in [0.717, 1.165) is 11.3 Å². The van der Waals surface area contributed by atoms with Gasteiger partial charge in [-0.15, -0.1) is 0 Å². The lowest BCUT2D eigenvalue weighted by Gasteiger charge is -2.25. The Hall–Kier alpha value is -0.810. The Labute approximate surface area is 113 Å². The molecule has 0 aliphatic heterocycles. The van der Waals surface area contributed by atoms with Gasteiger partial charge in [-0.1, -0.05) is 17.7 Å². The summed E-state index contributed by atoms with van der Waals surface area (Å²) in [7, 11) is 1.65. The third-order valence-corrected chi connectivity index (χ3v) is 3.08. The Kier molecular flexibility index (Phi) is 6.43. The second-order valence-electron chi connectivity index (χ2n) is 4.20. The molecule has 1 unspecified atom stereocenters. The molecule has 0 saturated heterocycles. The van der Waals surface area contributed by atoms with Gasteiger partial charge in [-0.2, -0.15) is 0 Å². The van der Waals surface area contributed by atoms with E-state index in [2.05, 4.69) is 0 Å². The van der Waals surface area contributed by atoms with Crippen molar-refractivity contribution < 1.29 is 9.84 Å². The maximum atomic E-state index is 9.09. The van der Waals surface area contributed by atoms with Gasteiger partial charge >= 0.3 is 0 Å². The molecule has 0 bridgehead atoms. The largest absolute Gasteiger partial charge is 0.395 e. The summed E-state index contributed by atoms with van der Waals surface area (Å²) in [5.41, 5.74) is 7.71. The van der Waals surface area contributed by atoms with Crippen LogP contribution in [0.3, 0.4) is 0 Å². The van der Waals surface area contributed by atoms with Crippen LogP contribution in [0, 0.1) is 0 Å². The Bertz CT molecular complexity index is 372. The zero-order valence-corrected chi connectivity index (χ0v) is 11.7. The highest BCUT2D eigenvalue weighted by Crippen LogP contribution is 2.28. The van der Waals surface area contributed by atoms with Gasteiger partial charge in [-0.05, 0) is 24.6 Å². The molecule has 1 aromatic carbocycles. The maximum absolute atomic E-state index is 9.09. The van der Waals surface area contributed by atoms with Crippen LogP contribution in [-0.2, 0) is 4.74 Å². The smallest absolute Gasteiger partial charge is 0.0642 e. The van der Waals surface area contributed by atoms with Crippen molar-refractivity contribution >= 4 is 17.3 Å². The number of ether oxygens (including phenoxy) is 1. The number of aliphatic hydroxyl groups is 1. The average Bonchev–Trinajstić information content (AvgIpc) is 2.34. The molecule has 0 radical (unpaired) electrons. The molecule has 0 aliphatic rings. The topological polar surface area (TPSA) is 58.7 Å². The fourth-order valence-electron chi connectivity index (χ4n) is 1.74. The zero-order chi connectivity index (χ0) is 13.5. The minimum atomic E-state index is -0.0400. The van der Waals surface area contributed by atoms with Gasteiger partial charge in [0, 0.05) is 26.2 Å². The van der Waals surface area contributed by atoms with E-state index in [4.69, 9.17) is 27.2 Å². The van der Waals surface area contributed by atoms with Crippen LogP contribution >= 0.6 is 11.6 Å². The lowest BCUT2D eigenvalue weighted by Crippen LogP contribution is -2.30. The minimum Gasteiger partial charge on any atom is -0.395 e. The molecular formula is C13H21ClN2O2. The number of rotatable bonds is 7. The van der Waals surface area contributed by atoms with Gasteiger partial charge in [0.15, 0.2) is 0 Å². The molecule has 1 aromatic rings. The fourth-order valence-corrected chi connectivity index (χ4v) is 2.05. The van der Waals surface area contributed by atoms with Crippen molar-refractivity contribution in [2.75, 3.05) is 38.3 Å². The summed E-state index contributed by atoms with van der Waals surface area (Å²) in [6.45, 7) is 3.80. The van der Waals surface area contributed by atoms with Gasteiger partial charge in [0.1, 0.15) is 0 Å². The number of hydrogen-bond donors (Lipinski definition) is 2. The number of aliphatic hydroxyl groups excluding tert-OH is 1. The number of benzene rings is 1. The summed E-state index contributed by atoms with van der Waals surface area (Å²) in [6, 6.07) is 5.73. The molecule has 18 heavy (non-hydrogen) atoms. The predicted molar refractivity (Wildman–Crippen MR) is 75.2 cm³/mol. The summed E-state index contributed by atoms with van der Waals surface area (Å²) >= 11 is 6.26. The van der Waals surface area contributed by atoms with Gasteiger partial charge in [0.2, 0.25) is 0 Å². The quantitative estimate of drug-likeness (QED) is 0.795. The SMILES string of the molecule is COCCN(CCO)c1ccc(C(C)N)cc1Cl. The number of anilines is 1. The molecule has 3 N–H and O–H groups in total. The Morgan fingerprint density at radius 2 is 2.17 bits per heavy atom. The van der Waals surface area contributed by atoms with Crippen molar-refractivity contribution in [2.45, 2.75) is 13.0 Å². The maximum Gasteiger partial charge on any atom is 0.0642 e. The molecule has 0 aromatic heterocycles. The van der Waals surface area contributed by atoms with Crippen molar-refractivity contribution in [3.8, 4) is 0 Å². The van der Waals surface area contributed by atoms with E-state index in [9.17, 15) is 0 Å². The third kappa shape index (κ3) is 4.14. The molecule has 0 saturated carbocycles. The van der Waals surface area contributed by atoms with Crippen molar-refractivity contribution in [3.63, 3.8) is 0 Å². The van der Waals surface area contributed by atoms with Crippen LogP contribution in [0.15, 0.2) is 18.2 Å². The Morgan fingerprint density at radius 1 is 1.44 bits per heavy atom. The number of nitrogens with two attached hydrogens (primary N) is 1. The highest BCUT2D eigenvalue weighted by atomic mass is 35.5. The molecular weight excluding hydrogens is 252 g/mol. The predicted octanol–water partition coefficient (Wildman–Crippen LogP) is 1.80. The van der Waals surface area contributed by atoms with Gasteiger partial charge in [0.05, 0.1) is 23.9 Å². The van der Waals surface area contributed by atoms with E-state index in [1.165, 1.54) is 0 Å². The van der Waals surface area contributed by atoms with E-state index in [1.807, 2.05) is 30.0 Å². The third-order valence-electron chi connectivity index (χ3n) is 2.77. The first kappa shape index (κ1) is 15.2. The van der Waals surface area contributed by atoms with Crippen LogP contribution in [0.1, 0.15) is 18.5 Å². The van der Waals surface area contributed by atoms with E-state index in [-0.39, 0.29) is 12.6 Å². The summed E-state index contributed by atoms with van der Waals surface area (Å²) in [6.07, 6.45) is 0. The summed E-state index contributed by atoms with van der Waals surface area (Å²) in [5.74, 6) is 0. The summed E-state index contributed by atoms with van der Waals surface area (Å²) in [5, 5.41) is 9.73. The van der Waals surface area contributed by atoms with Crippen LogP contribution in [-0.4, -0.2) is 38.5 Å². The first-order valence-electron chi connectivity index (χ1n) is 6.00. The number of halogens is 1. The highest BCUT2D eigenvalue weighted by Gasteiger charge is 2.11. The van der Waals surface area contributed by atoms with Crippen LogP contribution in [0.5, 0.6) is 0 Å². The van der Waals surface area contributed by atoms with E-state index in [1.54, 1.807) is 7.11 Å². The summed E-state index contributed by atoms with van der Waals surface area (Å²) < 4.78 is 5.06. The van der Waals surface area contributed by atoms with Crippen LogP contribution in [0.4, 0.5) is 5.69 Å². The average molecular weight is 273 g/mol. The van der Waals surface area contributed by atoms with Crippen molar-refractivity contribution in [1.29, 1.82) is 0 Å². The molecule has 102 valence electrons. The van der Waals surface area contributed by atoms with E-state index >= 15 is 0 Å². The monoisotopic (exact) mass is 272 g/mol. The normalized spacial score (nSPS) is 12.5. The Morgan fingerprint density at radius 3 is 2.67 bits per heavy atom. The molecule has 5 heteroatoms. The van der Waals surface area contributed by atoms with Gasteiger partial charge < -0.3 is 20.5 Å². The molecule has 1 atom stereocenters. The van der Waals surface area contributed by atoms with Crippen molar-refractivity contribution in [3.05, 3.63) is 28.8 Å². The molecule has 0 fully saturated rings. The molecule has 0 amide bonds. The van der Waals surface area contributed by atoms with Crippen LogP contribution < -0.4 is 10.6 Å². The lowest BCUT2D eigenvalue weighted by molar-refractivity contribution is 0.203. The Balaban J connectivity index is 2.90. The first-order valence-corrected chi connectivity index (χ1v) is 6.37. The highest BCUT2D eigenvalue weighted by molar-refractivity contribution is 6.33. The molecule has 0 aliphatic carbocycles. The van der Waals surface area contributed by atoms with Crippen LogP contribution in [0.2, 0.25) is 5.02 Å². The van der Waals surface area contributed by atoms with E-state index < -0.39 is 0 Å². The molecule has 1 rings (SSSR count). The molecule has 0 heterocycles. The van der Waals surface area contributed by atoms with Gasteiger partial charge in [-0.3, -0.25) is 0 Å². The second-order valence-corrected chi connectivity index (χ2v) is 4.61. The standard InChI is InChI=1S/C13H21ClN2O2/c1-10(15)11-3-4-13(12(14)9-11)16(5-7-17)6-8-18-2/h3-4,9-10,17H,5-8,15H2,1-2H3. The number of hydrogen-bond acceptors (Lipinski definition) is 4. The van der Waals surface area contributed by atoms with Gasteiger partial charge in [0.25, 0.3) is 0 Å². The lowest BCUT2D eigenvalue weighted by atomic mass is 10.1. The number of methoxy groups -OCH3 is 1. The van der Waals surface area contributed by atoms with E-state index in [0.29, 0.717) is 24.7 Å². The zero-order valence-electron chi connectivity index (χ0n) is 10.9. The minimum absolute atomic E-state index is 0.0400. The second kappa shape index (κ2) is 7.59. The molecule has 4 nitrogen and oxygen atoms in total. The fraction of sp³-hybridized carbons (Fsp3) is 0.538. The van der Waals surface area contributed by atoms with Gasteiger partial charge in [-0.25, -0.2) is 0 Å². The van der Waals surface area contributed by atoms with Crippen molar-refractivity contribution in [1.82, 2.24) is 0 Å². The summed E-state index contributed by atoms with van der Waals surface area (Å²) in [4.78, 5) is 2.00.